The van der Waals surface area contributed by atoms with Crippen molar-refractivity contribution < 1.29 is 0 Å². The molecule has 0 spiro atoms. The standard InChI is InChI=1S/C15H17N4O/c1-12(2)17-18-19(20)15-10-8-14(9-11-15)16-13-6-4-3-5-7-13/h3-11,16-18H,1H2,2H3/q-1. The fourth-order valence-electron chi connectivity index (χ4n) is 1.58. The van der Waals surface area contributed by atoms with Gasteiger partial charge in [0.15, 0.2) is 0 Å². The Kier molecular flexibility index (Phi) is 4.60. The molecule has 20 heavy (non-hydrogen) atoms. The first-order valence-corrected chi connectivity index (χ1v) is 6.22. The summed E-state index contributed by atoms with van der Waals surface area (Å²) in [5, 5.41) is 15.6. The van der Waals surface area contributed by atoms with Crippen LogP contribution in [0.4, 0.5) is 17.1 Å². The lowest BCUT2D eigenvalue weighted by molar-refractivity contribution is 0.609. The number of nitrogens with zero attached hydrogens (tertiary/aromatic N) is 1. The van der Waals surface area contributed by atoms with Crippen LogP contribution in [0.1, 0.15) is 6.92 Å². The second-order valence-corrected chi connectivity index (χ2v) is 4.35. The Morgan fingerprint density at radius 2 is 1.60 bits per heavy atom. The molecule has 5 heteroatoms. The van der Waals surface area contributed by atoms with E-state index >= 15 is 0 Å². The summed E-state index contributed by atoms with van der Waals surface area (Å²) in [5.74, 6) is 0. The maximum atomic E-state index is 11.7. The summed E-state index contributed by atoms with van der Waals surface area (Å²) in [5.41, 5.74) is 8.20. The monoisotopic (exact) mass is 269 g/mol. The zero-order chi connectivity index (χ0) is 14.4. The van der Waals surface area contributed by atoms with Crippen molar-refractivity contribution in [1.29, 1.82) is 0 Å². The Balaban J connectivity index is 1.97. The number of nitrogens with one attached hydrogen (secondary N) is 3. The average Bonchev–Trinajstić information content (AvgIpc) is 2.46. The maximum Gasteiger partial charge on any atom is 0.0420 e. The second kappa shape index (κ2) is 6.60. The van der Waals surface area contributed by atoms with Crippen molar-refractivity contribution in [2.45, 2.75) is 6.92 Å². The molecule has 0 saturated carbocycles. The molecule has 2 aromatic rings. The summed E-state index contributed by atoms with van der Waals surface area (Å²) in [6, 6.07) is 17.0. The topological polar surface area (TPSA) is 62.4 Å². The summed E-state index contributed by atoms with van der Waals surface area (Å²) in [6.07, 6.45) is 0. The van der Waals surface area contributed by atoms with Crippen molar-refractivity contribution in [1.82, 2.24) is 11.0 Å². The lowest BCUT2D eigenvalue weighted by Crippen LogP contribution is -2.42. The fraction of sp³-hybridized carbons (Fsp3) is 0.0667. The summed E-state index contributed by atoms with van der Waals surface area (Å²) < 4.78 is 0. The van der Waals surface area contributed by atoms with Crippen LogP contribution >= 0.6 is 0 Å². The highest BCUT2D eigenvalue weighted by atomic mass is 16.5. The highest BCUT2D eigenvalue weighted by Crippen LogP contribution is 2.19. The molecule has 0 aliphatic heterocycles. The van der Waals surface area contributed by atoms with E-state index in [1.165, 1.54) is 0 Å². The van der Waals surface area contributed by atoms with Gasteiger partial charge in [-0.1, -0.05) is 24.8 Å². The number of hydrogen-bond acceptors (Lipinski definition) is 5. The van der Waals surface area contributed by atoms with E-state index in [2.05, 4.69) is 22.9 Å². The first-order chi connectivity index (χ1) is 9.65. The molecule has 0 atom stereocenters. The Hall–Kier alpha value is -2.50. The largest absolute Gasteiger partial charge is 0.742 e. The number of benzene rings is 2. The van der Waals surface area contributed by atoms with Gasteiger partial charge in [-0.2, -0.15) is 5.53 Å². The number of rotatable bonds is 6. The molecule has 0 aromatic heterocycles. The fourth-order valence-corrected chi connectivity index (χ4v) is 1.58. The van der Waals surface area contributed by atoms with Gasteiger partial charge in [-0.3, -0.25) is 0 Å². The summed E-state index contributed by atoms with van der Waals surface area (Å²) >= 11 is 0. The third-order valence-corrected chi connectivity index (χ3v) is 2.54. The molecule has 0 heterocycles. The van der Waals surface area contributed by atoms with E-state index in [0.717, 1.165) is 11.4 Å². The average molecular weight is 269 g/mol. The van der Waals surface area contributed by atoms with Crippen LogP contribution in [-0.4, -0.2) is 0 Å². The van der Waals surface area contributed by atoms with Gasteiger partial charge in [0.2, 0.25) is 0 Å². The molecule has 3 N–H and O–H groups in total. The SMILES string of the molecule is C=C(C)NNN([O-])c1ccc(Nc2ccccc2)cc1. The maximum absolute atomic E-state index is 11.7. The van der Waals surface area contributed by atoms with Crippen LogP contribution in [0.15, 0.2) is 66.9 Å². The highest BCUT2D eigenvalue weighted by Gasteiger charge is 1.97. The molecule has 0 aliphatic rings. The van der Waals surface area contributed by atoms with Crippen LogP contribution in [0.2, 0.25) is 0 Å². The van der Waals surface area contributed by atoms with Gasteiger partial charge in [-0.05, 0) is 43.3 Å². The van der Waals surface area contributed by atoms with Crippen LogP contribution in [0.5, 0.6) is 0 Å². The smallest absolute Gasteiger partial charge is 0.0420 e. The Bertz CT molecular complexity index is 554. The van der Waals surface area contributed by atoms with Gasteiger partial charge in [-0.25, -0.2) is 0 Å². The normalized spacial score (nSPS) is 9.90. The molecular formula is C15H17N4O-. The zero-order valence-electron chi connectivity index (χ0n) is 11.3. The Morgan fingerprint density at radius 3 is 2.20 bits per heavy atom. The minimum absolute atomic E-state index is 0.498. The van der Waals surface area contributed by atoms with Crippen LogP contribution < -0.4 is 21.4 Å². The zero-order valence-corrected chi connectivity index (χ0v) is 11.3. The van der Waals surface area contributed by atoms with E-state index in [4.69, 9.17) is 0 Å². The van der Waals surface area contributed by atoms with Gasteiger partial charge in [0.1, 0.15) is 0 Å². The third-order valence-electron chi connectivity index (χ3n) is 2.54. The minimum Gasteiger partial charge on any atom is -0.742 e. The van der Waals surface area contributed by atoms with E-state index in [1.54, 1.807) is 19.1 Å². The van der Waals surface area contributed by atoms with Crippen LogP contribution in [0.25, 0.3) is 0 Å². The first kappa shape index (κ1) is 13.9. The van der Waals surface area contributed by atoms with E-state index in [1.807, 2.05) is 42.5 Å². The predicted molar refractivity (Wildman–Crippen MR) is 83.1 cm³/mol. The molecule has 0 saturated heterocycles. The van der Waals surface area contributed by atoms with Crippen molar-refractivity contribution in [2.24, 2.45) is 0 Å². The number of hydrazine groups is 2. The predicted octanol–water partition coefficient (Wildman–Crippen LogP) is 3.28. The molecule has 5 nitrogen and oxygen atoms in total. The van der Waals surface area contributed by atoms with E-state index in [9.17, 15) is 5.21 Å². The molecule has 0 amide bonds. The number of hydrogen-bond donors (Lipinski definition) is 3. The molecule has 0 radical (unpaired) electrons. The minimum atomic E-state index is 0.498. The molecule has 2 rings (SSSR count). The van der Waals surface area contributed by atoms with Gasteiger partial charge in [-0.15, -0.1) is 0 Å². The number of para-hydroxylation sites is 1. The van der Waals surface area contributed by atoms with Crippen LogP contribution in [0, 0.1) is 5.21 Å². The van der Waals surface area contributed by atoms with Gasteiger partial charge < -0.3 is 21.1 Å². The van der Waals surface area contributed by atoms with Gasteiger partial charge in [0, 0.05) is 22.8 Å². The molecule has 0 bridgehead atoms. The number of allylic oxidation sites excluding steroid dienone is 1. The van der Waals surface area contributed by atoms with Gasteiger partial charge in [0.25, 0.3) is 0 Å². The Morgan fingerprint density at radius 1 is 1.00 bits per heavy atom. The quantitative estimate of drug-likeness (QED) is 0.702. The van der Waals surface area contributed by atoms with Crippen molar-refractivity contribution >= 4 is 17.1 Å². The Labute approximate surface area is 118 Å². The molecule has 0 fully saturated rings. The molecular weight excluding hydrogens is 252 g/mol. The number of anilines is 3. The summed E-state index contributed by atoms with van der Waals surface area (Å²) in [4.78, 5) is 0. The van der Waals surface area contributed by atoms with Gasteiger partial charge in [0.05, 0.1) is 0 Å². The first-order valence-electron chi connectivity index (χ1n) is 6.22. The molecule has 0 unspecified atom stereocenters. The highest BCUT2D eigenvalue weighted by molar-refractivity contribution is 5.62. The van der Waals surface area contributed by atoms with E-state index in [-0.39, 0.29) is 0 Å². The summed E-state index contributed by atoms with van der Waals surface area (Å²) in [6.45, 7) is 5.39. The van der Waals surface area contributed by atoms with Crippen molar-refractivity contribution in [3.05, 3.63) is 72.1 Å². The summed E-state index contributed by atoms with van der Waals surface area (Å²) in [7, 11) is 0. The lowest BCUT2D eigenvalue weighted by Gasteiger charge is -2.31. The van der Waals surface area contributed by atoms with Gasteiger partial charge >= 0.3 is 0 Å². The van der Waals surface area contributed by atoms with E-state index < -0.39 is 0 Å². The van der Waals surface area contributed by atoms with Crippen molar-refractivity contribution in [2.75, 3.05) is 10.5 Å². The van der Waals surface area contributed by atoms with Crippen LogP contribution in [-0.2, 0) is 0 Å². The van der Waals surface area contributed by atoms with Crippen molar-refractivity contribution in [3.63, 3.8) is 0 Å². The van der Waals surface area contributed by atoms with Crippen molar-refractivity contribution in [3.8, 4) is 0 Å². The molecule has 104 valence electrons. The molecule has 0 aliphatic carbocycles. The third kappa shape index (κ3) is 4.01. The van der Waals surface area contributed by atoms with Crippen LogP contribution in [0.3, 0.4) is 0 Å². The second-order valence-electron chi connectivity index (χ2n) is 4.35. The molecule has 2 aromatic carbocycles. The van der Waals surface area contributed by atoms with E-state index in [0.29, 0.717) is 16.6 Å². The lowest BCUT2D eigenvalue weighted by atomic mass is 10.2.